The number of halogens is 2. The van der Waals surface area contributed by atoms with Crippen molar-refractivity contribution in [3.63, 3.8) is 0 Å². The molecular weight excluding hydrogens is 402 g/mol. The van der Waals surface area contributed by atoms with Gasteiger partial charge in [0.05, 0.1) is 15.9 Å². The van der Waals surface area contributed by atoms with Crippen molar-refractivity contribution in [2.75, 3.05) is 12.4 Å². The first-order valence-electron chi connectivity index (χ1n) is 6.26. The molecule has 0 amide bonds. The highest BCUT2D eigenvalue weighted by Crippen LogP contribution is 2.30. The van der Waals surface area contributed by atoms with Gasteiger partial charge in [0, 0.05) is 16.4 Å². The van der Waals surface area contributed by atoms with E-state index in [-0.39, 0.29) is 0 Å². The molecule has 1 aromatic heterocycles. The van der Waals surface area contributed by atoms with Crippen LogP contribution in [0.15, 0.2) is 38.1 Å². The van der Waals surface area contributed by atoms with Crippen LogP contribution in [0.4, 0.5) is 5.82 Å². The van der Waals surface area contributed by atoms with E-state index in [0.717, 1.165) is 38.5 Å². The van der Waals surface area contributed by atoms with Crippen LogP contribution in [0.3, 0.4) is 0 Å². The average molecular weight is 417 g/mol. The van der Waals surface area contributed by atoms with Crippen molar-refractivity contribution < 1.29 is 0 Å². The van der Waals surface area contributed by atoms with E-state index in [0.29, 0.717) is 0 Å². The van der Waals surface area contributed by atoms with Gasteiger partial charge in [-0.25, -0.2) is 9.97 Å². The Morgan fingerprint density at radius 2 is 1.95 bits per heavy atom. The zero-order valence-corrected chi connectivity index (χ0v) is 15.3. The Bertz CT molecular complexity index is 580. The molecular formula is C14H15Br2N3S. The summed E-state index contributed by atoms with van der Waals surface area (Å²) < 4.78 is 2.06. The largest absolute Gasteiger partial charge is 0.372 e. The monoisotopic (exact) mass is 415 g/mol. The second kappa shape index (κ2) is 7.43. The summed E-state index contributed by atoms with van der Waals surface area (Å²) in [4.78, 5) is 10.3. The predicted octanol–water partition coefficient (Wildman–Crippen LogP) is 4.90. The molecule has 106 valence electrons. The van der Waals surface area contributed by atoms with Crippen LogP contribution in [0.5, 0.6) is 0 Å². The molecule has 0 aliphatic rings. The van der Waals surface area contributed by atoms with Gasteiger partial charge in [-0.15, -0.1) is 11.8 Å². The summed E-state index contributed by atoms with van der Waals surface area (Å²) in [5.74, 6) is 2.44. The molecule has 1 heterocycles. The second-order valence-electron chi connectivity index (χ2n) is 4.07. The van der Waals surface area contributed by atoms with Crippen molar-refractivity contribution in [2.45, 2.75) is 24.0 Å². The van der Waals surface area contributed by atoms with Crippen molar-refractivity contribution in [3.8, 4) is 0 Å². The fourth-order valence-electron chi connectivity index (χ4n) is 1.71. The number of nitrogens with one attached hydrogen (secondary N) is 1. The van der Waals surface area contributed by atoms with E-state index >= 15 is 0 Å². The van der Waals surface area contributed by atoms with Gasteiger partial charge in [-0.3, -0.25) is 0 Å². The highest BCUT2D eigenvalue weighted by Gasteiger charge is 2.10. The molecule has 1 aromatic carbocycles. The van der Waals surface area contributed by atoms with Crippen molar-refractivity contribution in [3.05, 3.63) is 44.7 Å². The molecule has 6 heteroatoms. The van der Waals surface area contributed by atoms with E-state index in [1.165, 1.54) is 4.90 Å². The van der Waals surface area contributed by atoms with Gasteiger partial charge in [0.2, 0.25) is 0 Å². The summed E-state index contributed by atoms with van der Waals surface area (Å²) in [7, 11) is 1.87. The van der Waals surface area contributed by atoms with Crippen LogP contribution in [0, 0.1) is 0 Å². The van der Waals surface area contributed by atoms with Crippen molar-refractivity contribution in [1.29, 1.82) is 0 Å². The van der Waals surface area contributed by atoms with Crippen molar-refractivity contribution >= 4 is 49.4 Å². The summed E-state index contributed by atoms with van der Waals surface area (Å²) in [6.45, 7) is 2.09. The molecule has 0 saturated heterocycles. The van der Waals surface area contributed by atoms with E-state index in [4.69, 9.17) is 0 Å². The number of benzene rings is 1. The Morgan fingerprint density at radius 1 is 1.20 bits per heavy atom. The first kappa shape index (κ1) is 15.8. The second-order valence-corrected chi connectivity index (χ2v) is 6.74. The van der Waals surface area contributed by atoms with E-state index in [9.17, 15) is 0 Å². The zero-order chi connectivity index (χ0) is 14.5. The molecule has 0 aliphatic carbocycles. The van der Waals surface area contributed by atoms with Crippen molar-refractivity contribution in [2.24, 2.45) is 0 Å². The van der Waals surface area contributed by atoms with Crippen LogP contribution < -0.4 is 5.32 Å². The number of aryl methyl sites for hydroxylation is 1. The molecule has 0 unspecified atom stereocenters. The molecule has 2 aromatic rings. The van der Waals surface area contributed by atoms with Gasteiger partial charge >= 0.3 is 0 Å². The highest BCUT2D eigenvalue weighted by atomic mass is 79.9. The number of hydrogen-bond acceptors (Lipinski definition) is 4. The fourth-order valence-corrected chi connectivity index (χ4v) is 3.79. The lowest BCUT2D eigenvalue weighted by molar-refractivity contribution is 0.930. The molecule has 1 N–H and O–H groups in total. The molecule has 0 aliphatic heterocycles. The van der Waals surface area contributed by atoms with Crippen molar-refractivity contribution in [1.82, 2.24) is 9.97 Å². The third-order valence-electron chi connectivity index (χ3n) is 2.73. The molecule has 3 nitrogen and oxygen atoms in total. The van der Waals surface area contributed by atoms with Crippen LogP contribution >= 0.6 is 43.6 Å². The highest BCUT2D eigenvalue weighted by molar-refractivity contribution is 9.11. The minimum absolute atomic E-state index is 0.748. The molecule has 20 heavy (non-hydrogen) atoms. The van der Waals surface area contributed by atoms with E-state index in [2.05, 4.69) is 60.1 Å². The number of nitrogens with zero attached hydrogens (tertiary/aromatic N) is 2. The number of aromatic nitrogens is 2. The van der Waals surface area contributed by atoms with E-state index in [1.54, 1.807) is 11.8 Å². The number of hydrogen-bond donors (Lipinski definition) is 1. The van der Waals surface area contributed by atoms with Gasteiger partial charge in [-0.05, 0) is 50.4 Å². The predicted molar refractivity (Wildman–Crippen MR) is 92.4 cm³/mol. The maximum Gasteiger partial charge on any atom is 0.144 e. The van der Waals surface area contributed by atoms with Crippen LogP contribution in [0.25, 0.3) is 0 Å². The third kappa shape index (κ3) is 3.74. The van der Waals surface area contributed by atoms with Crippen LogP contribution in [-0.4, -0.2) is 17.0 Å². The first-order valence-corrected chi connectivity index (χ1v) is 8.83. The summed E-state index contributed by atoms with van der Waals surface area (Å²) in [5.41, 5.74) is 1.03. The summed E-state index contributed by atoms with van der Waals surface area (Å²) in [6, 6.07) is 8.18. The normalized spacial score (nSPS) is 10.6. The summed E-state index contributed by atoms with van der Waals surface area (Å²) in [5, 5.41) is 3.10. The smallest absolute Gasteiger partial charge is 0.144 e. The third-order valence-corrected chi connectivity index (χ3v) is 5.59. The van der Waals surface area contributed by atoms with E-state index < -0.39 is 0 Å². The molecule has 0 radical (unpaired) electrons. The van der Waals surface area contributed by atoms with Crippen LogP contribution in [0.2, 0.25) is 0 Å². The molecule has 0 spiro atoms. The van der Waals surface area contributed by atoms with Gasteiger partial charge in [-0.2, -0.15) is 0 Å². The average Bonchev–Trinajstić information content (AvgIpc) is 2.47. The topological polar surface area (TPSA) is 37.8 Å². The van der Waals surface area contributed by atoms with Gasteiger partial charge in [0.25, 0.3) is 0 Å². The maximum absolute atomic E-state index is 4.61. The standard InChI is InChI=1S/C14H15Br2N3S/c1-3-10-13(16)14(17-2)19-12(18-10)8-20-11-7-5-4-6-9(11)15/h4-7H,3,8H2,1-2H3,(H,17,18,19). The molecule has 0 atom stereocenters. The molecule has 0 fully saturated rings. The molecule has 0 saturated carbocycles. The lowest BCUT2D eigenvalue weighted by Crippen LogP contribution is -2.04. The quantitative estimate of drug-likeness (QED) is 0.703. The Kier molecular flexibility index (Phi) is 5.86. The lowest BCUT2D eigenvalue weighted by Gasteiger charge is -2.10. The minimum atomic E-state index is 0.748. The lowest BCUT2D eigenvalue weighted by atomic mass is 10.3. The summed E-state index contributed by atoms with van der Waals surface area (Å²) in [6.07, 6.45) is 0.879. The Hall–Kier alpha value is -0.590. The van der Waals surface area contributed by atoms with Gasteiger partial charge in [-0.1, -0.05) is 19.1 Å². The maximum atomic E-state index is 4.61. The van der Waals surface area contributed by atoms with Crippen LogP contribution in [-0.2, 0) is 12.2 Å². The fraction of sp³-hybridized carbons (Fsp3) is 0.286. The SMILES string of the molecule is CCc1nc(CSc2ccccc2Br)nc(NC)c1Br. The summed E-state index contributed by atoms with van der Waals surface area (Å²) >= 11 is 8.83. The number of rotatable bonds is 5. The Labute approximate surface area is 140 Å². The Balaban J connectivity index is 2.19. The first-order chi connectivity index (χ1) is 9.65. The number of thioether (sulfide) groups is 1. The molecule has 2 rings (SSSR count). The van der Waals surface area contributed by atoms with Gasteiger partial charge in [0.15, 0.2) is 0 Å². The molecule has 0 bridgehead atoms. The number of anilines is 1. The Morgan fingerprint density at radius 3 is 2.60 bits per heavy atom. The van der Waals surface area contributed by atoms with E-state index in [1.807, 2.05) is 25.2 Å². The van der Waals surface area contributed by atoms with Gasteiger partial charge in [0.1, 0.15) is 11.6 Å². The zero-order valence-electron chi connectivity index (χ0n) is 11.3. The minimum Gasteiger partial charge on any atom is -0.372 e. The van der Waals surface area contributed by atoms with Gasteiger partial charge < -0.3 is 5.32 Å². The van der Waals surface area contributed by atoms with Crippen LogP contribution in [0.1, 0.15) is 18.4 Å².